The molecular weight excluding hydrogens is 479 g/mol. The molecule has 3 heterocycles. The average molecular weight is 499 g/mol. The highest BCUT2D eigenvalue weighted by molar-refractivity contribution is 6.04. The zero-order valence-electron chi connectivity index (χ0n) is 19.6. The van der Waals surface area contributed by atoms with Crippen molar-refractivity contribution >= 4 is 22.0 Å². The fourth-order valence-corrected chi connectivity index (χ4v) is 4.43. The van der Waals surface area contributed by atoms with Crippen molar-refractivity contribution in [3.8, 4) is 22.6 Å². The number of rotatable bonds is 5. The Kier molecular flexibility index (Phi) is 5.50. The minimum absolute atomic E-state index is 0.267. The number of alkyl halides is 3. The van der Waals surface area contributed by atoms with Gasteiger partial charge in [0.1, 0.15) is 22.8 Å². The van der Waals surface area contributed by atoms with Gasteiger partial charge in [0.25, 0.3) is 0 Å². The van der Waals surface area contributed by atoms with Crippen LogP contribution < -0.4 is 15.2 Å². The minimum Gasteiger partial charge on any atom is -0.496 e. The van der Waals surface area contributed by atoms with Crippen molar-refractivity contribution in [1.29, 1.82) is 0 Å². The lowest BCUT2D eigenvalue weighted by Gasteiger charge is -2.16. The first-order chi connectivity index (χ1) is 17.1. The van der Waals surface area contributed by atoms with Crippen molar-refractivity contribution in [2.45, 2.75) is 33.2 Å². The van der Waals surface area contributed by atoms with Crippen LogP contribution in [0.5, 0.6) is 11.5 Å². The van der Waals surface area contributed by atoms with Gasteiger partial charge in [0, 0.05) is 10.9 Å². The molecule has 0 spiro atoms. The van der Waals surface area contributed by atoms with E-state index in [1.807, 2.05) is 13.0 Å². The fraction of sp³-hybridized carbons (Fsp3) is 0.240. The highest BCUT2D eigenvalue weighted by atomic mass is 19.4. The van der Waals surface area contributed by atoms with Crippen LogP contribution >= 0.6 is 0 Å². The third-order valence-corrected chi connectivity index (χ3v) is 6.05. The van der Waals surface area contributed by atoms with Crippen molar-refractivity contribution in [1.82, 2.24) is 14.7 Å². The van der Waals surface area contributed by atoms with Crippen LogP contribution in [-0.2, 0) is 0 Å². The minimum atomic E-state index is -4.79. The Balaban J connectivity index is 1.67. The van der Waals surface area contributed by atoms with Crippen LogP contribution in [0.15, 0.2) is 56.3 Å². The van der Waals surface area contributed by atoms with Gasteiger partial charge in [0.2, 0.25) is 0 Å². The second-order valence-corrected chi connectivity index (χ2v) is 8.27. The number of methoxy groups -OCH3 is 1. The Hall–Kier alpha value is -4.28. The molecule has 3 aromatic heterocycles. The van der Waals surface area contributed by atoms with E-state index in [1.54, 1.807) is 19.9 Å². The summed E-state index contributed by atoms with van der Waals surface area (Å²) in [6.07, 6.45) is -3.33. The zero-order valence-corrected chi connectivity index (χ0v) is 19.6. The van der Waals surface area contributed by atoms with E-state index in [4.69, 9.17) is 13.7 Å². The number of halogens is 3. The Morgan fingerprint density at radius 3 is 2.44 bits per heavy atom. The van der Waals surface area contributed by atoms with Gasteiger partial charge in [0.15, 0.2) is 5.58 Å². The van der Waals surface area contributed by atoms with E-state index in [0.29, 0.717) is 39.2 Å². The van der Waals surface area contributed by atoms with Gasteiger partial charge in [-0.15, -0.1) is 13.2 Å². The summed E-state index contributed by atoms with van der Waals surface area (Å²) >= 11 is 0. The molecule has 5 aromatic rings. The van der Waals surface area contributed by atoms with Gasteiger partial charge in [0.05, 0.1) is 36.1 Å². The van der Waals surface area contributed by atoms with Crippen molar-refractivity contribution < 1.29 is 31.6 Å². The lowest BCUT2D eigenvalue weighted by Crippen LogP contribution is -2.20. The molecule has 0 saturated heterocycles. The summed E-state index contributed by atoms with van der Waals surface area (Å²) in [6, 6.07) is 8.36. The summed E-state index contributed by atoms with van der Waals surface area (Å²) in [5.74, 6) is 0.163. The van der Waals surface area contributed by atoms with Crippen LogP contribution in [0.1, 0.15) is 30.0 Å². The lowest BCUT2D eigenvalue weighted by atomic mass is 10.00. The number of hydrogen-bond donors (Lipinski definition) is 0. The molecular formula is C25H20F3N3O5. The highest BCUT2D eigenvalue weighted by Crippen LogP contribution is 2.39. The van der Waals surface area contributed by atoms with Crippen molar-refractivity contribution in [3.63, 3.8) is 0 Å². The number of ether oxygens (including phenoxy) is 2. The molecule has 1 atom stereocenters. The van der Waals surface area contributed by atoms with E-state index in [0.717, 1.165) is 11.1 Å². The van der Waals surface area contributed by atoms with Gasteiger partial charge in [-0.05, 0) is 50.6 Å². The van der Waals surface area contributed by atoms with Gasteiger partial charge in [-0.3, -0.25) is 9.55 Å². The molecule has 186 valence electrons. The zero-order chi connectivity index (χ0) is 25.8. The molecule has 0 aliphatic rings. The van der Waals surface area contributed by atoms with Gasteiger partial charge < -0.3 is 18.4 Å². The van der Waals surface area contributed by atoms with Gasteiger partial charge in [-0.25, -0.2) is 4.79 Å². The van der Waals surface area contributed by atoms with E-state index >= 15 is 0 Å². The molecule has 0 aliphatic heterocycles. The van der Waals surface area contributed by atoms with Gasteiger partial charge in [-0.1, -0.05) is 17.3 Å². The van der Waals surface area contributed by atoms with Crippen molar-refractivity contribution in [2.24, 2.45) is 0 Å². The summed E-state index contributed by atoms with van der Waals surface area (Å²) in [6.45, 7) is 5.38. The number of oxazole rings is 1. The molecule has 8 nitrogen and oxygen atoms in total. The fourth-order valence-electron chi connectivity index (χ4n) is 4.43. The van der Waals surface area contributed by atoms with Crippen LogP contribution in [-0.4, -0.2) is 28.2 Å². The predicted octanol–water partition coefficient (Wildman–Crippen LogP) is 5.93. The Morgan fingerprint density at radius 1 is 1.11 bits per heavy atom. The molecule has 0 aliphatic carbocycles. The molecule has 0 unspecified atom stereocenters. The summed E-state index contributed by atoms with van der Waals surface area (Å²) in [5.41, 5.74) is 4.12. The molecule has 0 saturated carbocycles. The maximum absolute atomic E-state index is 12.9. The van der Waals surface area contributed by atoms with Crippen molar-refractivity contribution in [2.75, 3.05) is 7.11 Å². The maximum Gasteiger partial charge on any atom is 0.573 e. The smallest absolute Gasteiger partial charge is 0.496 e. The second-order valence-electron chi connectivity index (χ2n) is 8.27. The molecule has 2 aromatic carbocycles. The van der Waals surface area contributed by atoms with Crippen LogP contribution in [0, 0.1) is 13.8 Å². The van der Waals surface area contributed by atoms with Crippen LogP contribution in [0.2, 0.25) is 0 Å². The molecule has 36 heavy (non-hydrogen) atoms. The maximum atomic E-state index is 12.9. The van der Waals surface area contributed by atoms with E-state index in [2.05, 4.69) is 14.9 Å². The highest BCUT2D eigenvalue weighted by Gasteiger charge is 2.31. The van der Waals surface area contributed by atoms with E-state index in [9.17, 15) is 18.0 Å². The number of nitrogens with zero attached hydrogens (tertiary/aromatic N) is 3. The first kappa shape index (κ1) is 23.5. The van der Waals surface area contributed by atoms with E-state index < -0.39 is 18.2 Å². The SMILES string of the molecule is COc1cc2c(cc1-c1c(C)noc1C)ncc1oc(=O)n([C@H](C)c3ccc(OC(F)(F)F)cc3)c12. The standard InChI is InChI=1S/C25H20F3N3O5/c1-12-22(14(3)36-30-12)18-9-19-17(10-20(18)33-4)23-21(11-29-19)34-24(32)31(23)13(2)15-5-7-16(8-6-15)35-25(26,27)28/h5-11,13H,1-4H3/t13-/m1/s1. The normalized spacial score (nSPS) is 12.9. The average Bonchev–Trinajstić information content (AvgIpc) is 3.34. The Labute approximate surface area is 201 Å². The summed E-state index contributed by atoms with van der Waals surface area (Å²) in [5, 5.41) is 4.62. The molecule has 11 heteroatoms. The van der Waals surface area contributed by atoms with Gasteiger partial charge >= 0.3 is 12.1 Å². The lowest BCUT2D eigenvalue weighted by molar-refractivity contribution is -0.274. The Bertz CT molecular complexity index is 1630. The third kappa shape index (κ3) is 3.96. The van der Waals surface area contributed by atoms with Crippen LogP contribution in [0.3, 0.4) is 0 Å². The summed E-state index contributed by atoms with van der Waals surface area (Å²) in [7, 11) is 1.53. The molecule has 0 bridgehead atoms. The van der Waals surface area contributed by atoms with E-state index in [1.165, 1.54) is 42.1 Å². The third-order valence-electron chi connectivity index (χ3n) is 6.05. The molecule has 5 rings (SSSR count). The quantitative estimate of drug-likeness (QED) is 0.296. The monoisotopic (exact) mass is 499 g/mol. The largest absolute Gasteiger partial charge is 0.573 e. The summed E-state index contributed by atoms with van der Waals surface area (Å²) in [4.78, 5) is 17.4. The summed E-state index contributed by atoms with van der Waals surface area (Å²) < 4.78 is 59.4. The Morgan fingerprint density at radius 2 is 1.83 bits per heavy atom. The second kappa shape index (κ2) is 8.43. The number of fused-ring (bicyclic) bond motifs is 3. The number of aryl methyl sites for hydroxylation is 2. The molecule has 0 fully saturated rings. The molecule has 0 radical (unpaired) electrons. The predicted molar refractivity (Wildman–Crippen MR) is 124 cm³/mol. The first-order valence-electron chi connectivity index (χ1n) is 10.9. The number of aromatic nitrogens is 3. The van der Waals surface area contributed by atoms with Gasteiger partial charge in [-0.2, -0.15) is 0 Å². The van der Waals surface area contributed by atoms with E-state index in [-0.39, 0.29) is 11.3 Å². The molecule has 0 amide bonds. The first-order valence-corrected chi connectivity index (χ1v) is 10.9. The topological polar surface area (TPSA) is 92.5 Å². The van der Waals surface area contributed by atoms with Crippen LogP contribution in [0.25, 0.3) is 33.1 Å². The number of hydrogen-bond acceptors (Lipinski definition) is 7. The molecule has 0 N–H and O–H groups in total. The number of pyridine rings is 1. The van der Waals surface area contributed by atoms with Crippen molar-refractivity contribution in [3.05, 3.63) is 70.2 Å². The van der Waals surface area contributed by atoms with Crippen LogP contribution in [0.4, 0.5) is 13.2 Å². The number of benzene rings is 2.